The van der Waals surface area contributed by atoms with Crippen LogP contribution in [0.5, 0.6) is 5.75 Å². The normalized spacial score (nSPS) is 13.7. The minimum Gasteiger partial charge on any atom is -0.497 e. The number of benzene rings is 1. The number of hydrogen-bond acceptors (Lipinski definition) is 4. The molecule has 5 nitrogen and oxygen atoms in total. The van der Waals surface area contributed by atoms with Gasteiger partial charge >= 0.3 is 5.97 Å². The molecule has 1 aromatic carbocycles. The number of nitrogens with one attached hydrogen (secondary N) is 1. The SMILES string of the molecule is CCCCCNC(CC(=O)O)C(O)c1ccc(OC)cc1. The Hall–Kier alpha value is -1.59. The van der Waals surface area contributed by atoms with Gasteiger partial charge in [-0.3, -0.25) is 4.79 Å². The summed E-state index contributed by atoms with van der Waals surface area (Å²) in [5.41, 5.74) is 0.685. The van der Waals surface area contributed by atoms with Crippen LogP contribution in [0.2, 0.25) is 0 Å². The minimum atomic E-state index is -0.921. The van der Waals surface area contributed by atoms with Gasteiger partial charge in [0.2, 0.25) is 0 Å². The molecule has 21 heavy (non-hydrogen) atoms. The van der Waals surface area contributed by atoms with Crippen LogP contribution in [0.4, 0.5) is 0 Å². The van der Waals surface area contributed by atoms with E-state index in [4.69, 9.17) is 9.84 Å². The van der Waals surface area contributed by atoms with E-state index in [1.165, 1.54) is 0 Å². The molecule has 5 heteroatoms. The van der Waals surface area contributed by atoms with E-state index < -0.39 is 18.1 Å². The second-order valence-electron chi connectivity index (χ2n) is 5.08. The first-order valence-electron chi connectivity index (χ1n) is 7.35. The van der Waals surface area contributed by atoms with Crippen molar-refractivity contribution in [2.24, 2.45) is 0 Å². The lowest BCUT2D eigenvalue weighted by Crippen LogP contribution is -2.37. The number of aliphatic carboxylic acids is 1. The van der Waals surface area contributed by atoms with Crippen molar-refractivity contribution in [3.05, 3.63) is 29.8 Å². The molecule has 1 aromatic rings. The number of carbonyl (C=O) groups is 1. The molecule has 0 saturated carbocycles. The highest BCUT2D eigenvalue weighted by molar-refractivity contribution is 5.67. The lowest BCUT2D eigenvalue weighted by Gasteiger charge is -2.23. The van der Waals surface area contributed by atoms with Gasteiger partial charge in [0, 0.05) is 6.04 Å². The second kappa shape index (κ2) is 9.37. The molecule has 2 unspecified atom stereocenters. The van der Waals surface area contributed by atoms with Gasteiger partial charge in [-0.1, -0.05) is 31.9 Å². The number of carboxylic acids is 1. The summed E-state index contributed by atoms with van der Waals surface area (Å²) in [6, 6.07) is 6.53. The molecule has 118 valence electrons. The summed E-state index contributed by atoms with van der Waals surface area (Å²) in [6.45, 7) is 2.82. The highest BCUT2D eigenvalue weighted by atomic mass is 16.5. The van der Waals surface area contributed by atoms with Crippen LogP contribution in [-0.4, -0.2) is 35.9 Å². The van der Waals surface area contributed by atoms with Gasteiger partial charge in [0.15, 0.2) is 0 Å². The monoisotopic (exact) mass is 295 g/mol. The third-order valence-corrected chi connectivity index (χ3v) is 3.42. The van der Waals surface area contributed by atoms with E-state index in [0.717, 1.165) is 19.3 Å². The van der Waals surface area contributed by atoms with Crippen molar-refractivity contribution < 1.29 is 19.7 Å². The van der Waals surface area contributed by atoms with Gasteiger partial charge in [0.05, 0.1) is 19.6 Å². The number of rotatable bonds is 10. The quantitative estimate of drug-likeness (QED) is 0.577. The fourth-order valence-electron chi connectivity index (χ4n) is 2.18. The molecule has 0 fully saturated rings. The molecule has 0 aromatic heterocycles. The maximum absolute atomic E-state index is 11.0. The summed E-state index contributed by atoms with van der Waals surface area (Å²) in [4.78, 5) is 11.0. The van der Waals surface area contributed by atoms with E-state index in [1.54, 1.807) is 31.4 Å². The predicted octanol–water partition coefficient (Wildman–Crippen LogP) is 2.35. The molecule has 0 aliphatic heterocycles. The molecule has 2 atom stereocenters. The zero-order chi connectivity index (χ0) is 15.7. The Bertz CT molecular complexity index is 419. The van der Waals surface area contributed by atoms with Gasteiger partial charge in [-0.15, -0.1) is 0 Å². The zero-order valence-corrected chi connectivity index (χ0v) is 12.7. The number of unbranched alkanes of at least 4 members (excludes halogenated alkanes) is 2. The molecule has 0 spiro atoms. The van der Waals surface area contributed by atoms with Crippen molar-refractivity contribution in [3.8, 4) is 5.75 Å². The fourth-order valence-corrected chi connectivity index (χ4v) is 2.18. The molecule has 0 heterocycles. The molecule has 0 radical (unpaired) electrons. The van der Waals surface area contributed by atoms with Gasteiger partial charge in [0.1, 0.15) is 5.75 Å². The van der Waals surface area contributed by atoms with E-state index in [0.29, 0.717) is 17.9 Å². The van der Waals surface area contributed by atoms with Crippen LogP contribution in [0.1, 0.15) is 44.3 Å². The van der Waals surface area contributed by atoms with E-state index in [9.17, 15) is 9.90 Å². The van der Waals surface area contributed by atoms with Crippen molar-refractivity contribution in [3.63, 3.8) is 0 Å². The standard InChI is InChI=1S/C16H25NO4/c1-3-4-5-10-17-14(11-15(18)19)16(20)12-6-8-13(21-2)9-7-12/h6-9,14,16-17,20H,3-5,10-11H2,1-2H3,(H,18,19). The number of aliphatic hydroxyl groups is 1. The molecule has 0 aliphatic rings. The summed E-state index contributed by atoms with van der Waals surface area (Å²) in [7, 11) is 1.58. The lowest BCUT2D eigenvalue weighted by atomic mass is 9.99. The molecular weight excluding hydrogens is 270 g/mol. The Morgan fingerprint density at radius 3 is 2.48 bits per heavy atom. The first kappa shape index (κ1) is 17.5. The fraction of sp³-hybridized carbons (Fsp3) is 0.562. The van der Waals surface area contributed by atoms with Crippen LogP contribution in [0.25, 0.3) is 0 Å². The van der Waals surface area contributed by atoms with E-state index in [2.05, 4.69) is 12.2 Å². The molecule has 0 amide bonds. The molecule has 0 saturated heterocycles. The van der Waals surface area contributed by atoms with Crippen LogP contribution < -0.4 is 10.1 Å². The van der Waals surface area contributed by atoms with Crippen molar-refractivity contribution in [2.75, 3.05) is 13.7 Å². The first-order chi connectivity index (χ1) is 10.1. The third-order valence-electron chi connectivity index (χ3n) is 3.42. The highest BCUT2D eigenvalue weighted by Crippen LogP contribution is 2.22. The maximum atomic E-state index is 11.0. The summed E-state index contributed by atoms with van der Waals surface area (Å²) in [6.07, 6.45) is 2.20. The van der Waals surface area contributed by atoms with Gasteiger partial charge in [-0.05, 0) is 30.7 Å². The average Bonchev–Trinajstić information content (AvgIpc) is 2.49. The predicted molar refractivity (Wildman–Crippen MR) is 81.5 cm³/mol. The summed E-state index contributed by atoms with van der Waals surface area (Å²) in [5, 5.41) is 22.5. The molecule has 1 rings (SSSR count). The Kier molecular flexibility index (Phi) is 7.79. The van der Waals surface area contributed by atoms with Gasteiger partial charge < -0.3 is 20.3 Å². The number of ether oxygens (including phenoxy) is 1. The number of hydrogen-bond donors (Lipinski definition) is 3. The summed E-state index contributed by atoms with van der Waals surface area (Å²) >= 11 is 0. The van der Waals surface area contributed by atoms with Crippen molar-refractivity contribution >= 4 is 5.97 Å². The first-order valence-corrected chi connectivity index (χ1v) is 7.35. The van der Waals surface area contributed by atoms with Crippen molar-refractivity contribution in [1.82, 2.24) is 5.32 Å². The Balaban J connectivity index is 2.67. The van der Waals surface area contributed by atoms with Crippen LogP contribution in [0.3, 0.4) is 0 Å². The summed E-state index contributed by atoms with van der Waals surface area (Å²) < 4.78 is 5.07. The van der Waals surface area contributed by atoms with Gasteiger partial charge in [-0.2, -0.15) is 0 Å². The van der Waals surface area contributed by atoms with E-state index in [1.807, 2.05) is 0 Å². The summed E-state index contributed by atoms with van der Waals surface area (Å²) in [5.74, 6) is -0.216. The van der Waals surface area contributed by atoms with Crippen molar-refractivity contribution in [2.45, 2.75) is 44.8 Å². The lowest BCUT2D eigenvalue weighted by molar-refractivity contribution is -0.138. The Morgan fingerprint density at radius 1 is 1.29 bits per heavy atom. The van der Waals surface area contributed by atoms with Crippen LogP contribution >= 0.6 is 0 Å². The molecular formula is C16H25NO4. The smallest absolute Gasteiger partial charge is 0.305 e. The molecule has 0 bridgehead atoms. The number of methoxy groups -OCH3 is 1. The maximum Gasteiger partial charge on any atom is 0.305 e. The topological polar surface area (TPSA) is 78.8 Å². The van der Waals surface area contributed by atoms with Gasteiger partial charge in [-0.25, -0.2) is 0 Å². The molecule has 0 aliphatic carbocycles. The third kappa shape index (κ3) is 6.14. The highest BCUT2D eigenvalue weighted by Gasteiger charge is 2.23. The Labute approximate surface area is 125 Å². The number of carboxylic acid groups (broad SMARTS) is 1. The molecule has 3 N–H and O–H groups in total. The average molecular weight is 295 g/mol. The van der Waals surface area contributed by atoms with Gasteiger partial charge in [0.25, 0.3) is 0 Å². The number of aliphatic hydroxyl groups excluding tert-OH is 1. The van der Waals surface area contributed by atoms with Crippen LogP contribution in [0, 0.1) is 0 Å². The van der Waals surface area contributed by atoms with Crippen LogP contribution in [0.15, 0.2) is 24.3 Å². The second-order valence-corrected chi connectivity index (χ2v) is 5.08. The Morgan fingerprint density at radius 2 is 1.95 bits per heavy atom. The minimum absolute atomic E-state index is 0.112. The zero-order valence-electron chi connectivity index (χ0n) is 12.7. The van der Waals surface area contributed by atoms with E-state index in [-0.39, 0.29) is 6.42 Å². The van der Waals surface area contributed by atoms with E-state index >= 15 is 0 Å². The largest absolute Gasteiger partial charge is 0.497 e. The van der Waals surface area contributed by atoms with Crippen LogP contribution in [-0.2, 0) is 4.79 Å². The van der Waals surface area contributed by atoms with Crippen molar-refractivity contribution in [1.29, 1.82) is 0 Å².